The Morgan fingerprint density at radius 3 is 1.44 bits per heavy atom. The highest BCUT2D eigenvalue weighted by molar-refractivity contribution is 6.19. The van der Waals surface area contributed by atoms with Crippen LogP contribution in [0.15, 0.2) is 265 Å². The highest BCUT2D eigenvalue weighted by Crippen LogP contribution is 2.46. The van der Waals surface area contributed by atoms with Crippen molar-refractivity contribution in [2.45, 2.75) is 0 Å². The van der Waals surface area contributed by atoms with Crippen molar-refractivity contribution in [3.05, 3.63) is 261 Å². The monoisotopic (exact) mass is 865 g/mol. The second-order valence-corrected chi connectivity index (χ2v) is 17.6. The Morgan fingerprint density at radius 2 is 0.750 bits per heavy atom. The summed E-state index contributed by atoms with van der Waals surface area (Å²) >= 11 is 0. The number of furan rings is 1. The van der Waals surface area contributed by atoms with Crippen LogP contribution in [0.3, 0.4) is 0 Å². The van der Waals surface area contributed by atoms with Crippen molar-refractivity contribution in [2.75, 3.05) is 4.90 Å². The van der Waals surface area contributed by atoms with Crippen molar-refractivity contribution in [1.29, 1.82) is 0 Å². The van der Waals surface area contributed by atoms with Crippen LogP contribution in [0.5, 0.6) is 0 Å². The minimum atomic E-state index is 0.889. The van der Waals surface area contributed by atoms with Crippen LogP contribution in [0.1, 0.15) is 0 Å². The number of fused-ring (bicyclic) bond motifs is 8. The van der Waals surface area contributed by atoms with Gasteiger partial charge in [-0.3, -0.25) is 0 Å². The first-order valence-corrected chi connectivity index (χ1v) is 23.3. The number of nitrogens with zero attached hydrogens (tertiary/aromatic N) is 1. The van der Waals surface area contributed by atoms with Crippen LogP contribution in [0.4, 0.5) is 17.1 Å². The lowest BCUT2D eigenvalue weighted by Crippen LogP contribution is -2.11. The second-order valence-electron chi connectivity index (χ2n) is 17.6. The molecule has 318 valence electrons. The summed E-state index contributed by atoms with van der Waals surface area (Å²) in [5, 5.41) is 9.55. The highest BCUT2D eigenvalue weighted by Gasteiger charge is 2.21. The zero-order valence-corrected chi connectivity index (χ0v) is 37.2. The highest BCUT2D eigenvalue weighted by atomic mass is 16.3. The number of hydrogen-bond acceptors (Lipinski definition) is 2. The van der Waals surface area contributed by atoms with E-state index in [0.29, 0.717) is 0 Å². The minimum absolute atomic E-state index is 0.889. The Morgan fingerprint density at radius 1 is 0.265 bits per heavy atom. The molecule has 0 N–H and O–H groups in total. The normalized spacial score (nSPS) is 11.5. The minimum Gasteiger partial charge on any atom is -0.455 e. The molecular weight excluding hydrogens is 823 g/mol. The van der Waals surface area contributed by atoms with Crippen molar-refractivity contribution < 1.29 is 4.42 Å². The Bertz CT molecular complexity index is 3980. The van der Waals surface area contributed by atoms with Gasteiger partial charge < -0.3 is 9.32 Å². The van der Waals surface area contributed by atoms with Crippen LogP contribution in [0.2, 0.25) is 0 Å². The summed E-state index contributed by atoms with van der Waals surface area (Å²) < 4.78 is 6.62. The van der Waals surface area contributed by atoms with E-state index in [1.807, 2.05) is 0 Å². The largest absolute Gasteiger partial charge is 0.455 e. The third-order valence-electron chi connectivity index (χ3n) is 13.7. The van der Waals surface area contributed by atoms with E-state index < -0.39 is 0 Å². The van der Waals surface area contributed by atoms with E-state index in [1.165, 1.54) is 49.2 Å². The third-order valence-corrected chi connectivity index (χ3v) is 13.7. The summed E-state index contributed by atoms with van der Waals surface area (Å²) in [5.41, 5.74) is 16.7. The average Bonchev–Trinajstić information content (AvgIpc) is 3.82. The molecule has 12 aromatic carbocycles. The van der Waals surface area contributed by atoms with E-state index in [-0.39, 0.29) is 0 Å². The number of anilines is 3. The second kappa shape index (κ2) is 16.5. The molecule has 0 aliphatic rings. The van der Waals surface area contributed by atoms with E-state index in [1.54, 1.807) is 0 Å². The zero-order valence-electron chi connectivity index (χ0n) is 37.2. The van der Waals surface area contributed by atoms with Crippen molar-refractivity contribution >= 4 is 71.3 Å². The van der Waals surface area contributed by atoms with Gasteiger partial charge in [0.2, 0.25) is 0 Å². The first-order valence-electron chi connectivity index (χ1n) is 23.3. The van der Waals surface area contributed by atoms with Gasteiger partial charge in [0.25, 0.3) is 0 Å². The number of benzene rings is 12. The van der Waals surface area contributed by atoms with Crippen molar-refractivity contribution in [1.82, 2.24) is 0 Å². The van der Waals surface area contributed by atoms with Gasteiger partial charge in [0.1, 0.15) is 11.2 Å². The maximum Gasteiger partial charge on any atom is 0.143 e. The summed E-state index contributed by atoms with van der Waals surface area (Å²) in [7, 11) is 0. The number of rotatable bonds is 8. The molecule has 13 rings (SSSR count). The van der Waals surface area contributed by atoms with E-state index in [9.17, 15) is 0 Å². The molecular formula is C66H43NO. The maximum absolute atomic E-state index is 6.62. The fraction of sp³-hybridized carbons (Fsp3) is 0. The zero-order chi connectivity index (χ0) is 45.0. The van der Waals surface area contributed by atoms with Gasteiger partial charge in [-0.1, -0.05) is 218 Å². The van der Waals surface area contributed by atoms with Gasteiger partial charge in [0.05, 0.1) is 5.69 Å². The standard InChI is InChI=1S/C66H43NO/c1-3-13-44(14-4-1)45-25-27-46(28-26-45)47-29-36-53(37-30-47)67(54-38-31-51(32-39-54)58-22-12-24-64-65(58)62-42-34-50-18-8-10-20-59(50)66(62)68-64)63-43-52(35-40-57(63)48-15-5-2-6-16-48)56-21-11-23-60-55-19-9-7-17-49(55)33-41-61(56)60/h1-43H. The Kier molecular flexibility index (Phi) is 9.54. The molecule has 0 aliphatic heterocycles. The Hall–Kier alpha value is -8.98. The number of hydrogen-bond donors (Lipinski definition) is 0. The molecule has 1 aromatic heterocycles. The summed E-state index contributed by atoms with van der Waals surface area (Å²) in [5.74, 6) is 0. The first-order chi connectivity index (χ1) is 33.7. The molecule has 0 aliphatic carbocycles. The van der Waals surface area contributed by atoms with Crippen LogP contribution < -0.4 is 4.90 Å². The van der Waals surface area contributed by atoms with Crippen LogP contribution >= 0.6 is 0 Å². The van der Waals surface area contributed by atoms with Crippen LogP contribution in [0.25, 0.3) is 110 Å². The average molecular weight is 866 g/mol. The molecule has 0 saturated carbocycles. The molecule has 0 unspecified atom stereocenters. The quantitative estimate of drug-likeness (QED) is 0.142. The third kappa shape index (κ3) is 6.82. The van der Waals surface area contributed by atoms with Gasteiger partial charge in [0.15, 0.2) is 0 Å². The van der Waals surface area contributed by atoms with Crippen LogP contribution in [-0.2, 0) is 0 Å². The Balaban J connectivity index is 0.976. The van der Waals surface area contributed by atoms with Crippen LogP contribution in [0, 0.1) is 0 Å². The molecule has 0 radical (unpaired) electrons. The molecule has 0 spiro atoms. The summed E-state index contributed by atoms with van der Waals surface area (Å²) in [6.45, 7) is 0. The fourth-order valence-corrected chi connectivity index (χ4v) is 10.3. The van der Waals surface area contributed by atoms with Gasteiger partial charge in [-0.05, 0) is 119 Å². The summed E-state index contributed by atoms with van der Waals surface area (Å²) in [6, 6.07) is 94.5. The van der Waals surface area contributed by atoms with E-state index in [2.05, 4.69) is 266 Å². The first kappa shape index (κ1) is 39.4. The van der Waals surface area contributed by atoms with E-state index in [4.69, 9.17) is 4.42 Å². The maximum atomic E-state index is 6.62. The molecule has 0 bridgehead atoms. The predicted molar refractivity (Wildman–Crippen MR) is 288 cm³/mol. The van der Waals surface area contributed by atoms with Crippen molar-refractivity contribution in [3.63, 3.8) is 0 Å². The van der Waals surface area contributed by atoms with Gasteiger partial charge in [-0.15, -0.1) is 0 Å². The van der Waals surface area contributed by atoms with Crippen molar-refractivity contribution in [2.24, 2.45) is 0 Å². The molecule has 0 amide bonds. The lowest BCUT2D eigenvalue weighted by atomic mass is 9.92. The topological polar surface area (TPSA) is 16.4 Å². The molecule has 13 aromatic rings. The molecule has 0 atom stereocenters. The molecule has 68 heavy (non-hydrogen) atoms. The SMILES string of the molecule is c1ccc(-c2ccc(-c3ccc(N(c4ccc(-c5cccc6oc7c8ccccc8ccc7c56)cc4)c4cc(-c5cccc6c5ccc5ccccc56)ccc4-c4ccccc4)cc3)cc2)cc1. The summed E-state index contributed by atoms with van der Waals surface area (Å²) in [6.07, 6.45) is 0. The molecule has 0 saturated heterocycles. The van der Waals surface area contributed by atoms with E-state index >= 15 is 0 Å². The predicted octanol–water partition coefficient (Wildman–Crippen LogP) is 18.9. The van der Waals surface area contributed by atoms with E-state index in [0.717, 1.165) is 77.8 Å². The molecule has 2 heteroatoms. The van der Waals surface area contributed by atoms with Gasteiger partial charge in [0, 0.05) is 33.1 Å². The van der Waals surface area contributed by atoms with Crippen molar-refractivity contribution in [3.8, 4) is 55.6 Å². The summed E-state index contributed by atoms with van der Waals surface area (Å²) in [4.78, 5) is 2.43. The molecule has 0 fully saturated rings. The smallest absolute Gasteiger partial charge is 0.143 e. The van der Waals surface area contributed by atoms with Crippen LogP contribution in [-0.4, -0.2) is 0 Å². The molecule has 2 nitrogen and oxygen atoms in total. The molecule has 1 heterocycles. The van der Waals surface area contributed by atoms with Gasteiger partial charge in [-0.25, -0.2) is 0 Å². The lowest BCUT2D eigenvalue weighted by molar-refractivity contribution is 0.673. The Labute approximate surface area is 395 Å². The lowest BCUT2D eigenvalue weighted by Gasteiger charge is -2.29. The van der Waals surface area contributed by atoms with Gasteiger partial charge in [-0.2, -0.15) is 0 Å². The van der Waals surface area contributed by atoms with Gasteiger partial charge >= 0.3 is 0 Å². The fourth-order valence-electron chi connectivity index (χ4n) is 10.3.